The van der Waals surface area contributed by atoms with Gasteiger partial charge in [0, 0.05) is 5.69 Å². The van der Waals surface area contributed by atoms with Gasteiger partial charge in [0.1, 0.15) is 5.01 Å². The summed E-state index contributed by atoms with van der Waals surface area (Å²) in [5.74, 6) is 0. The number of anilines is 1. The van der Waals surface area contributed by atoms with Crippen LogP contribution in [0.2, 0.25) is 0 Å². The van der Waals surface area contributed by atoms with E-state index in [2.05, 4.69) is 36.3 Å². The van der Waals surface area contributed by atoms with Crippen LogP contribution in [0.1, 0.15) is 36.3 Å². The Kier molecular flexibility index (Phi) is 4.22. The van der Waals surface area contributed by atoms with Crippen molar-refractivity contribution in [1.29, 1.82) is 0 Å². The number of halogens is 3. The van der Waals surface area contributed by atoms with E-state index in [1.807, 2.05) is 24.3 Å². The van der Waals surface area contributed by atoms with Crippen molar-refractivity contribution in [2.75, 3.05) is 5.32 Å². The zero-order valence-corrected chi connectivity index (χ0v) is 12.8. The molecule has 0 unspecified atom stereocenters. The summed E-state index contributed by atoms with van der Waals surface area (Å²) < 4.78 is 37.4. The Morgan fingerprint density at radius 1 is 1.10 bits per heavy atom. The van der Waals surface area contributed by atoms with Crippen LogP contribution in [0, 0.1) is 0 Å². The van der Waals surface area contributed by atoms with Gasteiger partial charge in [0.25, 0.3) is 0 Å². The van der Waals surface area contributed by atoms with Crippen molar-refractivity contribution in [3.05, 3.63) is 39.8 Å². The first-order chi connectivity index (χ1) is 9.68. The van der Waals surface area contributed by atoms with Crippen LogP contribution < -0.4 is 5.32 Å². The molecule has 0 amide bonds. The lowest BCUT2D eigenvalue weighted by molar-refractivity contribution is -0.138. The van der Waals surface area contributed by atoms with E-state index in [0.717, 1.165) is 11.3 Å². The van der Waals surface area contributed by atoms with Gasteiger partial charge in [0.05, 0.1) is 6.54 Å². The molecule has 1 aromatic carbocycles. The molecule has 1 heterocycles. The number of hydrogen-bond donors (Lipinski definition) is 1. The summed E-state index contributed by atoms with van der Waals surface area (Å²) in [6.45, 7) is 6.47. The molecule has 0 radical (unpaired) electrons. The molecular formula is C14H16F3N3S. The third-order valence-corrected chi connectivity index (χ3v) is 3.84. The highest BCUT2D eigenvalue weighted by Crippen LogP contribution is 2.32. The van der Waals surface area contributed by atoms with Crippen LogP contribution in [0.15, 0.2) is 24.3 Å². The van der Waals surface area contributed by atoms with E-state index in [1.54, 1.807) is 0 Å². The fourth-order valence-electron chi connectivity index (χ4n) is 1.90. The summed E-state index contributed by atoms with van der Waals surface area (Å²) in [6, 6.07) is 7.74. The molecule has 0 saturated heterocycles. The summed E-state index contributed by atoms with van der Waals surface area (Å²) in [5, 5.41) is 9.29. The van der Waals surface area contributed by atoms with E-state index in [4.69, 9.17) is 0 Å². The van der Waals surface area contributed by atoms with E-state index >= 15 is 0 Å². The lowest BCUT2D eigenvalue weighted by atomic mass is 9.86. The average Bonchev–Trinajstić information content (AvgIpc) is 2.84. The molecule has 0 atom stereocenters. The first-order valence-electron chi connectivity index (χ1n) is 6.41. The Bertz CT molecular complexity index is 614. The van der Waals surface area contributed by atoms with E-state index < -0.39 is 11.2 Å². The zero-order chi connectivity index (χ0) is 15.7. The maximum atomic E-state index is 12.5. The molecule has 114 valence electrons. The van der Waals surface area contributed by atoms with Crippen molar-refractivity contribution in [2.45, 2.75) is 38.9 Å². The van der Waals surface area contributed by atoms with Gasteiger partial charge in [0.2, 0.25) is 5.01 Å². The zero-order valence-electron chi connectivity index (χ0n) is 12.0. The highest BCUT2D eigenvalue weighted by Gasteiger charge is 2.35. The van der Waals surface area contributed by atoms with E-state index in [0.29, 0.717) is 16.3 Å². The van der Waals surface area contributed by atoms with E-state index in [9.17, 15) is 13.2 Å². The molecule has 0 saturated carbocycles. The lowest BCUT2D eigenvalue weighted by Gasteiger charge is -2.23. The quantitative estimate of drug-likeness (QED) is 0.908. The fraction of sp³-hybridized carbons (Fsp3) is 0.429. The Balaban J connectivity index is 2.12. The maximum Gasteiger partial charge on any atom is 0.445 e. The summed E-state index contributed by atoms with van der Waals surface area (Å²) in [4.78, 5) is 0. The van der Waals surface area contributed by atoms with Crippen LogP contribution in [-0.4, -0.2) is 10.2 Å². The van der Waals surface area contributed by atoms with Crippen LogP contribution in [0.5, 0.6) is 0 Å². The van der Waals surface area contributed by atoms with Crippen molar-refractivity contribution in [2.24, 2.45) is 0 Å². The second-order valence-electron chi connectivity index (χ2n) is 5.65. The summed E-state index contributed by atoms with van der Waals surface area (Å²) >= 11 is 0.563. The van der Waals surface area contributed by atoms with Crippen molar-refractivity contribution in [1.82, 2.24) is 10.2 Å². The van der Waals surface area contributed by atoms with Crippen LogP contribution in [-0.2, 0) is 18.1 Å². The minimum Gasteiger partial charge on any atom is -0.378 e. The van der Waals surface area contributed by atoms with Gasteiger partial charge in [-0.15, -0.1) is 10.2 Å². The topological polar surface area (TPSA) is 37.8 Å². The molecule has 0 aliphatic heterocycles. The summed E-state index contributed by atoms with van der Waals surface area (Å²) in [5.41, 5.74) is 1.95. The van der Waals surface area contributed by atoms with Crippen LogP contribution in [0.4, 0.5) is 18.9 Å². The molecule has 1 N–H and O–H groups in total. The molecule has 0 spiro atoms. The SMILES string of the molecule is CC(C)(C)c1ccccc1NCc1nnc(C(F)(F)F)s1. The van der Waals surface area contributed by atoms with Gasteiger partial charge in [0.15, 0.2) is 0 Å². The molecular weight excluding hydrogens is 299 g/mol. The van der Waals surface area contributed by atoms with Gasteiger partial charge in [-0.05, 0) is 17.0 Å². The van der Waals surface area contributed by atoms with Gasteiger partial charge in [-0.2, -0.15) is 13.2 Å². The minimum atomic E-state index is -4.43. The molecule has 0 fully saturated rings. The normalized spacial score (nSPS) is 12.5. The van der Waals surface area contributed by atoms with Crippen molar-refractivity contribution >= 4 is 17.0 Å². The fourth-order valence-corrected chi connectivity index (χ4v) is 2.55. The Labute approximate surface area is 125 Å². The number of alkyl halides is 3. The smallest absolute Gasteiger partial charge is 0.378 e. The van der Waals surface area contributed by atoms with Crippen molar-refractivity contribution < 1.29 is 13.2 Å². The second kappa shape index (κ2) is 5.63. The number of aromatic nitrogens is 2. The van der Waals surface area contributed by atoms with Gasteiger partial charge in [-0.1, -0.05) is 50.3 Å². The third-order valence-electron chi connectivity index (χ3n) is 2.87. The molecule has 21 heavy (non-hydrogen) atoms. The average molecular weight is 315 g/mol. The number of nitrogens with one attached hydrogen (secondary N) is 1. The van der Waals surface area contributed by atoms with Crippen LogP contribution in [0.25, 0.3) is 0 Å². The molecule has 0 bridgehead atoms. The number of benzene rings is 1. The molecule has 2 rings (SSSR count). The van der Waals surface area contributed by atoms with Crippen LogP contribution >= 0.6 is 11.3 Å². The predicted octanol–water partition coefficient (Wildman–Crippen LogP) is 4.47. The van der Waals surface area contributed by atoms with Gasteiger partial charge < -0.3 is 5.32 Å². The molecule has 3 nitrogen and oxygen atoms in total. The Morgan fingerprint density at radius 3 is 2.33 bits per heavy atom. The van der Waals surface area contributed by atoms with Crippen molar-refractivity contribution in [3.8, 4) is 0 Å². The van der Waals surface area contributed by atoms with Crippen LogP contribution in [0.3, 0.4) is 0 Å². The highest BCUT2D eigenvalue weighted by atomic mass is 32.1. The van der Waals surface area contributed by atoms with Gasteiger partial charge in [-0.25, -0.2) is 0 Å². The Hall–Kier alpha value is -1.63. The number of nitrogens with zero attached hydrogens (tertiary/aromatic N) is 2. The number of rotatable bonds is 3. The van der Waals surface area contributed by atoms with E-state index in [-0.39, 0.29) is 12.0 Å². The largest absolute Gasteiger partial charge is 0.445 e. The molecule has 7 heteroatoms. The first kappa shape index (κ1) is 15.8. The monoisotopic (exact) mass is 315 g/mol. The molecule has 0 aliphatic rings. The third kappa shape index (κ3) is 3.93. The number of para-hydroxylation sites is 1. The standard InChI is InChI=1S/C14H16F3N3S/c1-13(2,3)9-6-4-5-7-10(9)18-8-11-19-20-12(21-11)14(15,16)17/h4-7,18H,8H2,1-3H3. The minimum absolute atomic E-state index is 0.0537. The highest BCUT2D eigenvalue weighted by molar-refractivity contribution is 7.11. The number of hydrogen-bond acceptors (Lipinski definition) is 4. The maximum absolute atomic E-state index is 12.5. The Morgan fingerprint density at radius 2 is 1.76 bits per heavy atom. The molecule has 2 aromatic rings. The first-order valence-corrected chi connectivity index (χ1v) is 7.22. The molecule has 1 aromatic heterocycles. The van der Waals surface area contributed by atoms with Crippen molar-refractivity contribution in [3.63, 3.8) is 0 Å². The molecule has 0 aliphatic carbocycles. The predicted molar refractivity (Wildman–Crippen MR) is 77.4 cm³/mol. The second-order valence-corrected chi connectivity index (χ2v) is 6.71. The summed E-state index contributed by atoms with van der Waals surface area (Å²) in [6.07, 6.45) is -4.43. The lowest BCUT2D eigenvalue weighted by Crippen LogP contribution is -2.14. The van der Waals surface area contributed by atoms with Gasteiger partial charge >= 0.3 is 6.18 Å². The van der Waals surface area contributed by atoms with E-state index in [1.165, 1.54) is 0 Å². The van der Waals surface area contributed by atoms with Gasteiger partial charge in [-0.3, -0.25) is 0 Å². The summed E-state index contributed by atoms with van der Waals surface area (Å²) in [7, 11) is 0.